The second-order valence-corrected chi connectivity index (χ2v) is 7.81. The molecule has 0 spiro atoms. The first-order chi connectivity index (χ1) is 13.0. The molecular weight excluding hydrogens is 336 g/mol. The Hall–Kier alpha value is -2.20. The normalized spacial score (nSPS) is 15.8. The van der Waals surface area contributed by atoms with Gasteiger partial charge in [-0.05, 0) is 60.7 Å². The van der Waals surface area contributed by atoms with Gasteiger partial charge in [0, 0.05) is 44.0 Å². The maximum Gasteiger partial charge on any atom is 0.120 e. The number of anilines is 1. The highest BCUT2D eigenvalue weighted by molar-refractivity contribution is 5.49. The van der Waals surface area contributed by atoms with E-state index in [2.05, 4.69) is 48.8 Å². The van der Waals surface area contributed by atoms with Crippen LogP contribution in [0.5, 0.6) is 11.5 Å². The van der Waals surface area contributed by atoms with E-state index in [1.54, 1.807) is 7.11 Å². The van der Waals surface area contributed by atoms with Crippen LogP contribution in [0.3, 0.4) is 0 Å². The average molecular weight is 369 g/mol. The molecule has 27 heavy (non-hydrogen) atoms. The van der Waals surface area contributed by atoms with Gasteiger partial charge in [-0.25, -0.2) is 0 Å². The summed E-state index contributed by atoms with van der Waals surface area (Å²) in [5.74, 6) is 1.79. The van der Waals surface area contributed by atoms with Crippen molar-refractivity contribution in [2.24, 2.45) is 0 Å². The Morgan fingerprint density at radius 1 is 1.04 bits per heavy atom. The number of hydrogen-bond acceptors (Lipinski definition) is 4. The lowest BCUT2D eigenvalue weighted by atomic mass is 9.95. The second-order valence-electron chi connectivity index (χ2n) is 7.81. The maximum absolute atomic E-state index is 10.4. The lowest BCUT2D eigenvalue weighted by molar-refractivity contribution is 0.281. The zero-order chi connectivity index (χ0) is 19.4. The number of aryl methyl sites for hydroxylation is 1. The van der Waals surface area contributed by atoms with Crippen LogP contribution in [-0.2, 0) is 6.54 Å². The summed E-state index contributed by atoms with van der Waals surface area (Å²) in [4.78, 5) is 4.89. The predicted molar refractivity (Wildman–Crippen MR) is 112 cm³/mol. The molecule has 146 valence electrons. The molecule has 1 fully saturated rings. The quantitative estimate of drug-likeness (QED) is 0.840. The summed E-state index contributed by atoms with van der Waals surface area (Å²) in [6, 6.07) is 12.4. The molecule has 0 saturated carbocycles. The van der Waals surface area contributed by atoms with E-state index in [0.717, 1.165) is 50.5 Å². The molecule has 1 saturated heterocycles. The number of methoxy groups -OCH3 is 1. The van der Waals surface area contributed by atoms with E-state index in [1.807, 2.05) is 18.2 Å². The van der Waals surface area contributed by atoms with E-state index >= 15 is 0 Å². The first-order valence-electron chi connectivity index (χ1n) is 9.91. The van der Waals surface area contributed by atoms with Crippen LogP contribution in [0.2, 0.25) is 0 Å². The summed E-state index contributed by atoms with van der Waals surface area (Å²) in [5, 5.41) is 10.4. The molecule has 1 N–H and O–H groups in total. The van der Waals surface area contributed by atoms with Crippen molar-refractivity contribution in [3.05, 3.63) is 53.1 Å². The molecule has 1 aliphatic heterocycles. The second kappa shape index (κ2) is 8.66. The number of nitrogens with zero attached hydrogens (tertiary/aromatic N) is 2. The van der Waals surface area contributed by atoms with Crippen LogP contribution >= 0.6 is 0 Å². The van der Waals surface area contributed by atoms with Gasteiger partial charge in [0.2, 0.25) is 0 Å². The van der Waals surface area contributed by atoms with Crippen LogP contribution in [0.1, 0.15) is 42.9 Å². The van der Waals surface area contributed by atoms with Gasteiger partial charge in [0.1, 0.15) is 11.5 Å². The summed E-state index contributed by atoms with van der Waals surface area (Å²) in [6.07, 6.45) is 1.12. The van der Waals surface area contributed by atoms with Gasteiger partial charge in [-0.1, -0.05) is 19.9 Å². The monoisotopic (exact) mass is 368 g/mol. The number of phenols is 1. The first-order valence-corrected chi connectivity index (χ1v) is 9.91. The van der Waals surface area contributed by atoms with Gasteiger partial charge in [0.05, 0.1) is 7.11 Å². The van der Waals surface area contributed by atoms with Gasteiger partial charge in [0.15, 0.2) is 0 Å². The fourth-order valence-electron chi connectivity index (χ4n) is 3.93. The maximum atomic E-state index is 10.4. The highest BCUT2D eigenvalue weighted by atomic mass is 16.5. The van der Waals surface area contributed by atoms with Gasteiger partial charge in [-0.3, -0.25) is 4.90 Å². The van der Waals surface area contributed by atoms with Gasteiger partial charge < -0.3 is 14.7 Å². The predicted octanol–water partition coefficient (Wildman–Crippen LogP) is 4.54. The fourth-order valence-corrected chi connectivity index (χ4v) is 3.93. The first kappa shape index (κ1) is 19.6. The van der Waals surface area contributed by atoms with E-state index < -0.39 is 0 Å². The molecule has 4 heteroatoms. The fraction of sp³-hybridized carbons (Fsp3) is 0.478. The third-order valence-corrected chi connectivity index (χ3v) is 5.51. The number of phenolic OH excluding ortho intramolecular Hbond substituents is 1. The van der Waals surface area contributed by atoms with Crippen LogP contribution in [0.4, 0.5) is 5.69 Å². The Balaban J connectivity index is 1.67. The average Bonchev–Trinajstić information content (AvgIpc) is 2.89. The number of rotatable bonds is 5. The van der Waals surface area contributed by atoms with Crippen molar-refractivity contribution in [2.75, 3.05) is 38.2 Å². The molecule has 1 heterocycles. The molecule has 4 nitrogen and oxygen atoms in total. The Morgan fingerprint density at radius 2 is 1.78 bits per heavy atom. The van der Waals surface area contributed by atoms with Gasteiger partial charge >= 0.3 is 0 Å². The minimum Gasteiger partial charge on any atom is -0.508 e. The van der Waals surface area contributed by atoms with Crippen LogP contribution < -0.4 is 9.64 Å². The van der Waals surface area contributed by atoms with Gasteiger partial charge in [-0.2, -0.15) is 0 Å². The standard InChI is InChI=1S/C23H32N2O2/c1-17(2)22-15-19(23(26)14-18(22)3)16-24-10-5-11-25(13-12-24)20-6-8-21(27-4)9-7-20/h6-9,14-15,17,26H,5,10-13,16H2,1-4H3. The van der Waals surface area contributed by atoms with Crippen molar-refractivity contribution >= 4 is 5.69 Å². The number of ether oxygens (including phenoxy) is 1. The molecular formula is C23H32N2O2. The van der Waals surface area contributed by atoms with Crippen molar-refractivity contribution in [2.45, 2.75) is 39.7 Å². The minimum atomic E-state index is 0.424. The van der Waals surface area contributed by atoms with Crippen LogP contribution in [-0.4, -0.2) is 43.3 Å². The smallest absolute Gasteiger partial charge is 0.120 e. The zero-order valence-electron chi connectivity index (χ0n) is 17.0. The molecule has 0 aliphatic carbocycles. The van der Waals surface area contributed by atoms with Crippen molar-refractivity contribution in [3.8, 4) is 11.5 Å². The Kier molecular flexibility index (Phi) is 6.27. The summed E-state index contributed by atoms with van der Waals surface area (Å²) in [7, 11) is 1.70. The minimum absolute atomic E-state index is 0.424. The number of aromatic hydroxyl groups is 1. The van der Waals surface area contributed by atoms with E-state index in [0.29, 0.717) is 11.7 Å². The zero-order valence-corrected chi connectivity index (χ0v) is 17.0. The molecule has 0 bridgehead atoms. The van der Waals surface area contributed by atoms with Crippen LogP contribution in [0, 0.1) is 6.92 Å². The van der Waals surface area contributed by atoms with Crippen LogP contribution in [0.15, 0.2) is 36.4 Å². The third-order valence-electron chi connectivity index (χ3n) is 5.51. The van der Waals surface area contributed by atoms with Crippen LogP contribution in [0.25, 0.3) is 0 Å². The van der Waals surface area contributed by atoms with Crippen molar-refractivity contribution < 1.29 is 9.84 Å². The Morgan fingerprint density at radius 3 is 2.44 bits per heavy atom. The van der Waals surface area contributed by atoms with Crippen molar-refractivity contribution in [1.82, 2.24) is 4.90 Å². The van der Waals surface area contributed by atoms with E-state index in [1.165, 1.54) is 16.8 Å². The Labute approximate surface area is 163 Å². The third kappa shape index (κ3) is 4.75. The molecule has 2 aromatic rings. The summed E-state index contributed by atoms with van der Waals surface area (Å²) < 4.78 is 5.26. The summed E-state index contributed by atoms with van der Waals surface area (Å²) in [6.45, 7) is 11.4. The van der Waals surface area contributed by atoms with E-state index in [-0.39, 0.29) is 0 Å². The molecule has 1 aliphatic rings. The van der Waals surface area contributed by atoms with Crippen molar-refractivity contribution in [3.63, 3.8) is 0 Å². The topological polar surface area (TPSA) is 35.9 Å². The van der Waals surface area contributed by atoms with Crippen molar-refractivity contribution in [1.29, 1.82) is 0 Å². The molecule has 0 atom stereocenters. The van der Waals surface area contributed by atoms with E-state index in [4.69, 9.17) is 4.74 Å². The highest BCUT2D eigenvalue weighted by Gasteiger charge is 2.18. The number of hydrogen-bond donors (Lipinski definition) is 1. The summed E-state index contributed by atoms with van der Waals surface area (Å²) in [5.41, 5.74) is 4.80. The molecule has 0 radical (unpaired) electrons. The molecule has 3 rings (SSSR count). The largest absolute Gasteiger partial charge is 0.508 e. The SMILES string of the molecule is COc1ccc(N2CCCN(Cc3cc(C(C)C)c(C)cc3O)CC2)cc1. The molecule has 2 aromatic carbocycles. The molecule has 0 aromatic heterocycles. The highest BCUT2D eigenvalue weighted by Crippen LogP contribution is 2.28. The molecule has 0 amide bonds. The van der Waals surface area contributed by atoms with Gasteiger partial charge in [0.25, 0.3) is 0 Å². The Bertz CT molecular complexity index is 756. The lowest BCUT2D eigenvalue weighted by Gasteiger charge is -2.24. The van der Waals surface area contributed by atoms with Gasteiger partial charge in [-0.15, -0.1) is 0 Å². The number of benzene rings is 2. The summed E-state index contributed by atoms with van der Waals surface area (Å²) >= 11 is 0. The lowest BCUT2D eigenvalue weighted by Crippen LogP contribution is -2.30. The molecule has 0 unspecified atom stereocenters. The van der Waals surface area contributed by atoms with E-state index in [9.17, 15) is 5.11 Å².